The number of nitrogens with zero attached hydrogens (tertiary/aromatic N) is 1. The molecule has 0 unspecified atom stereocenters. The smallest absolute Gasteiger partial charge is 0.193 e. The van der Waals surface area contributed by atoms with E-state index in [1.165, 1.54) is 7.11 Å². The molecule has 0 amide bonds. The molecule has 0 aliphatic rings. The summed E-state index contributed by atoms with van der Waals surface area (Å²) in [6.45, 7) is 1.75. The van der Waals surface area contributed by atoms with Gasteiger partial charge in [-0.05, 0) is 19.1 Å². The van der Waals surface area contributed by atoms with Crippen LogP contribution >= 0.6 is 23.2 Å². The number of aromatic nitrogens is 1. The highest BCUT2D eigenvalue weighted by atomic mass is 35.5. The fourth-order valence-corrected chi connectivity index (χ4v) is 2.08. The predicted octanol–water partition coefficient (Wildman–Crippen LogP) is 3.55. The molecular weight excluding hydrogens is 263 g/mol. The van der Waals surface area contributed by atoms with Crippen molar-refractivity contribution in [1.82, 2.24) is 5.16 Å². The van der Waals surface area contributed by atoms with Crippen LogP contribution in [0.2, 0.25) is 10.0 Å². The molecule has 0 aliphatic carbocycles. The first-order valence-corrected chi connectivity index (χ1v) is 5.55. The molecule has 17 heavy (non-hydrogen) atoms. The van der Waals surface area contributed by atoms with Gasteiger partial charge in [0, 0.05) is 5.02 Å². The van der Waals surface area contributed by atoms with Gasteiger partial charge in [-0.3, -0.25) is 0 Å². The second-order valence-corrected chi connectivity index (χ2v) is 4.32. The van der Waals surface area contributed by atoms with E-state index in [2.05, 4.69) is 5.16 Å². The number of anilines is 1. The van der Waals surface area contributed by atoms with Crippen LogP contribution in [0, 0.1) is 6.92 Å². The molecule has 2 N–H and O–H groups in total. The molecule has 0 radical (unpaired) electrons. The van der Waals surface area contributed by atoms with Crippen molar-refractivity contribution < 1.29 is 9.26 Å². The van der Waals surface area contributed by atoms with Crippen molar-refractivity contribution in [3.63, 3.8) is 0 Å². The molecule has 0 fully saturated rings. The van der Waals surface area contributed by atoms with Gasteiger partial charge in [-0.25, -0.2) is 0 Å². The molecule has 0 atom stereocenters. The molecular formula is C11H10Cl2N2O2. The lowest BCUT2D eigenvalue weighted by Gasteiger charge is -2.09. The van der Waals surface area contributed by atoms with E-state index in [0.717, 1.165) is 0 Å². The van der Waals surface area contributed by atoms with Gasteiger partial charge in [-0.2, -0.15) is 0 Å². The Labute approximate surface area is 108 Å². The van der Waals surface area contributed by atoms with E-state index in [1.807, 2.05) is 0 Å². The second-order valence-electron chi connectivity index (χ2n) is 3.48. The summed E-state index contributed by atoms with van der Waals surface area (Å²) in [6.07, 6.45) is 0. The highest BCUT2D eigenvalue weighted by molar-refractivity contribution is 6.36. The number of nitrogen functional groups attached to an aromatic ring is 1. The van der Waals surface area contributed by atoms with Gasteiger partial charge in [0.1, 0.15) is 17.1 Å². The molecule has 1 aromatic heterocycles. The van der Waals surface area contributed by atoms with Crippen LogP contribution in [0.3, 0.4) is 0 Å². The van der Waals surface area contributed by atoms with Crippen molar-refractivity contribution >= 4 is 28.9 Å². The van der Waals surface area contributed by atoms with E-state index in [0.29, 0.717) is 38.5 Å². The van der Waals surface area contributed by atoms with E-state index < -0.39 is 0 Å². The number of hydrogen-bond acceptors (Lipinski definition) is 4. The van der Waals surface area contributed by atoms with Crippen molar-refractivity contribution in [2.75, 3.05) is 12.8 Å². The number of aryl methyl sites for hydroxylation is 1. The monoisotopic (exact) mass is 272 g/mol. The molecule has 6 heteroatoms. The molecule has 0 bridgehead atoms. The normalized spacial score (nSPS) is 10.6. The highest BCUT2D eigenvalue weighted by Crippen LogP contribution is 2.41. The fraction of sp³-hybridized carbons (Fsp3) is 0.182. The van der Waals surface area contributed by atoms with Crippen molar-refractivity contribution in [3.8, 4) is 17.1 Å². The fourth-order valence-electron chi connectivity index (χ4n) is 1.51. The number of benzene rings is 1. The average molecular weight is 273 g/mol. The van der Waals surface area contributed by atoms with Crippen LogP contribution in [0.25, 0.3) is 11.3 Å². The van der Waals surface area contributed by atoms with E-state index in [9.17, 15) is 0 Å². The topological polar surface area (TPSA) is 61.3 Å². The zero-order valence-electron chi connectivity index (χ0n) is 9.25. The van der Waals surface area contributed by atoms with E-state index >= 15 is 0 Å². The number of nitrogens with two attached hydrogens (primary N) is 1. The molecule has 0 spiro atoms. The van der Waals surface area contributed by atoms with Gasteiger partial charge in [0.25, 0.3) is 0 Å². The molecule has 1 heterocycles. The highest BCUT2D eigenvalue weighted by Gasteiger charge is 2.19. The van der Waals surface area contributed by atoms with Crippen LogP contribution in [0.15, 0.2) is 16.7 Å². The van der Waals surface area contributed by atoms with E-state index in [4.69, 9.17) is 38.2 Å². The van der Waals surface area contributed by atoms with E-state index in [-0.39, 0.29) is 0 Å². The summed E-state index contributed by atoms with van der Waals surface area (Å²) in [5, 5.41) is 4.65. The molecule has 90 valence electrons. The van der Waals surface area contributed by atoms with Crippen LogP contribution in [0.5, 0.6) is 5.75 Å². The second kappa shape index (κ2) is 4.47. The third kappa shape index (κ3) is 2.06. The molecule has 0 aliphatic heterocycles. The summed E-state index contributed by atoms with van der Waals surface area (Å²) >= 11 is 12.0. The lowest BCUT2D eigenvalue weighted by molar-refractivity contribution is 0.405. The Balaban J connectivity index is 2.70. The summed E-state index contributed by atoms with van der Waals surface area (Å²) in [6, 6.07) is 3.26. The van der Waals surface area contributed by atoms with Gasteiger partial charge in [0.2, 0.25) is 0 Å². The van der Waals surface area contributed by atoms with Crippen LogP contribution in [0.4, 0.5) is 5.69 Å². The first-order valence-electron chi connectivity index (χ1n) is 4.79. The lowest BCUT2D eigenvalue weighted by Crippen LogP contribution is -1.92. The third-order valence-electron chi connectivity index (χ3n) is 2.37. The Kier molecular flexibility index (Phi) is 3.17. The number of methoxy groups -OCH3 is 1. The molecule has 2 rings (SSSR count). The molecule has 4 nitrogen and oxygen atoms in total. The van der Waals surface area contributed by atoms with Crippen molar-refractivity contribution in [2.24, 2.45) is 0 Å². The van der Waals surface area contributed by atoms with Crippen LogP contribution in [-0.2, 0) is 0 Å². The van der Waals surface area contributed by atoms with Crippen molar-refractivity contribution in [2.45, 2.75) is 6.92 Å². The molecule has 0 saturated heterocycles. The number of rotatable bonds is 2. The summed E-state index contributed by atoms with van der Waals surface area (Å²) in [4.78, 5) is 0. The first kappa shape index (κ1) is 12.1. The summed E-state index contributed by atoms with van der Waals surface area (Å²) < 4.78 is 10.4. The average Bonchev–Trinajstić information content (AvgIpc) is 2.59. The van der Waals surface area contributed by atoms with Gasteiger partial charge < -0.3 is 15.0 Å². The van der Waals surface area contributed by atoms with E-state index in [1.54, 1.807) is 19.1 Å². The maximum atomic E-state index is 6.03. The SMILES string of the molecule is COc1c(Cl)cc(Cl)cc1-c1onc(C)c1N. The quantitative estimate of drug-likeness (QED) is 0.908. The number of halogens is 2. The van der Waals surface area contributed by atoms with Gasteiger partial charge in [-0.1, -0.05) is 28.4 Å². The summed E-state index contributed by atoms with van der Waals surface area (Å²) in [5.74, 6) is 0.864. The Morgan fingerprint density at radius 3 is 2.59 bits per heavy atom. The van der Waals surface area contributed by atoms with Gasteiger partial charge in [-0.15, -0.1) is 0 Å². The van der Waals surface area contributed by atoms with Crippen molar-refractivity contribution in [1.29, 1.82) is 0 Å². The Morgan fingerprint density at radius 2 is 2.06 bits per heavy atom. The minimum absolute atomic E-state index is 0.392. The molecule has 2 aromatic rings. The first-order chi connectivity index (χ1) is 8.04. The third-order valence-corrected chi connectivity index (χ3v) is 2.86. The van der Waals surface area contributed by atoms with Gasteiger partial charge in [0.15, 0.2) is 5.76 Å². The zero-order chi connectivity index (χ0) is 12.6. The summed E-state index contributed by atoms with van der Waals surface area (Å²) in [5.41, 5.74) is 7.50. The molecule has 1 aromatic carbocycles. The van der Waals surface area contributed by atoms with Crippen LogP contribution in [0.1, 0.15) is 5.69 Å². The number of hydrogen-bond donors (Lipinski definition) is 1. The van der Waals surface area contributed by atoms with Gasteiger partial charge in [0.05, 0.1) is 17.7 Å². The number of ether oxygens (including phenoxy) is 1. The Morgan fingerprint density at radius 1 is 1.35 bits per heavy atom. The standard InChI is InChI=1S/C11H10Cl2N2O2/c1-5-9(14)11(17-15-5)7-3-6(12)4-8(13)10(7)16-2/h3-4H,14H2,1-2H3. The van der Waals surface area contributed by atoms with Crippen molar-refractivity contribution in [3.05, 3.63) is 27.9 Å². The Bertz CT molecular complexity index is 567. The largest absolute Gasteiger partial charge is 0.494 e. The Hall–Kier alpha value is -1.39. The predicted molar refractivity (Wildman–Crippen MR) is 67.7 cm³/mol. The lowest BCUT2D eigenvalue weighted by atomic mass is 10.1. The van der Waals surface area contributed by atoms with Crippen LogP contribution < -0.4 is 10.5 Å². The molecule has 0 saturated carbocycles. The summed E-state index contributed by atoms with van der Waals surface area (Å²) in [7, 11) is 1.51. The van der Waals surface area contributed by atoms with Gasteiger partial charge >= 0.3 is 0 Å². The maximum Gasteiger partial charge on any atom is 0.193 e. The maximum absolute atomic E-state index is 6.03. The minimum atomic E-state index is 0.392. The zero-order valence-corrected chi connectivity index (χ0v) is 10.8. The van der Waals surface area contributed by atoms with Crippen LogP contribution in [-0.4, -0.2) is 12.3 Å². The minimum Gasteiger partial charge on any atom is -0.494 e.